The number of carbonyl (C=O) groups excluding carboxylic acids is 3. The molecule has 1 aliphatic rings. The Balaban J connectivity index is 1.41. The molecule has 9 heteroatoms. The first kappa shape index (κ1) is 24.1. The molecule has 0 spiro atoms. The molecule has 1 saturated carbocycles. The maximum absolute atomic E-state index is 14.2. The van der Waals surface area contributed by atoms with Crippen LogP contribution in [-0.4, -0.2) is 44.4 Å². The van der Waals surface area contributed by atoms with Gasteiger partial charge in [0.1, 0.15) is 11.9 Å². The number of ketones is 1. The highest BCUT2D eigenvalue weighted by Gasteiger charge is 2.32. The summed E-state index contributed by atoms with van der Waals surface area (Å²) in [6.07, 6.45) is 4.92. The lowest BCUT2D eigenvalue weighted by Gasteiger charge is -2.18. The monoisotopic (exact) mass is 497 g/mol. The van der Waals surface area contributed by atoms with E-state index in [4.69, 9.17) is 0 Å². The number of aromatic nitrogens is 3. The summed E-state index contributed by atoms with van der Waals surface area (Å²) in [5.41, 5.74) is 1.65. The summed E-state index contributed by atoms with van der Waals surface area (Å²) >= 11 is 0. The topological polar surface area (TPSA) is 106 Å². The summed E-state index contributed by atoms with van der Waals surface area (Å²) in [4.78, 5) is 43.3. The Morgan fingerprint density at radius 3 is 2.49 bits per heavy atom. The first-order chi connectivity index (χ1) is 18.0. The van der Waals surface area contributed by atoms with Gasteiger partial charge in [0.2, 0.25) is 5.78 Å². The molecule has 2 N–H and O–H groups in total. The van der Waals surface area contributed by atoms with Crippen molar-refractivity contribution in [2.75, 3.05) is 0 Å². The summed E-state index contributed by atoms with van der Waals surface area (Å²) in [6.45, 7) is 0. The highest BCUT2D eigenvalue weighted by atomic mass is 19.1. The van der Waals surface area contributed by atoms with Crippen LogP contribution in [0.25, 0.3) is 17.1 Å². The zero-order chi connectivity index (χ0) is 25.8. The third-order valence-electron chi connectivity index (χ3n) is 6.03. The van der Waals surface area contributed by atoms with Crippen LogP contribution in [0.3, 0.4) is 0 Å². The van der Waals surface area contributed by atoms with Gasteiger partial charge in [0.05, 0.1) is 11.3 Å². The van der Waals surface area contributed by atoms with Crippen LogP contribution in [0.4, 0.5) is 4.39 Å². The molecule has 0 saturated heterocycles. The van der Waals surface area contributed by atoms with Crippen LogP contribution in [0.1, 0.15) is 28.8 Å². The van der Waals surface area contributed by atoms with Crippen LogP contribution >= 0.6 is 0 Å². The molecule has 2 aromatic heterocycles. The maximum atomic E-state index is 14.2. The third-order valence-corrected chi connectivity index (χ3v) is 6.03. The number of halogens is 1. The van der Waals surface area contributed by atoms with Gasteiger partial charge in [-0.1, -0.05) is 42.5 Å². The average Bonchev–Trinajstić information content (AvgIpc) is 3.60. The molecule has 2 amide bonds. The van der Waals surface area contributed by atoms with Crippen LogP contribution in [0.2, 0.25) is 0 Å². The number of benzene rings is 2. The van der Waals surface area contributed by atoms with Crippen molar-refractivity contribution in [1.29, 1.82) is 0 Å². The Morgan fingerprint density at radius 1 is 0.973 bits per heavy atom. The Bertz CT molecular complexity index is 1450. The standard InChI is InChI=1S/C28H24FN5O3/c29-22-11-5-4-9-20(22)23-14-16-34(33-23)26-21(10-6-15-30-26)27(36)32-24(17-18-7-2-1-3-8-18)25(35)28(37)31-19-12-13-19/h1-11,14-16,19,24H,12-13,17H2,(H,31,37)(H,32,36). The number of hydrogen-bond acceptors (Lipinski definition) is 5. The minimum atomic E-state index is -1.08. The Hall–Kier alpha value is -4.66. The molecular formula is C28H24FN5O3. The van der Waals surface area contributed by atoms with E-state index in [0.29, 0.717) is 11.3 Å². The average molecular weight is 498 g/mol. The first-order valence-corrected chi connectivity index (χ1v) is 11.9. The quantitative estimate of drug-likeness (QED) is 0.345. The summed E-state index contributed by atoms with van der Waals surface area (Å²) in [7, 11) is 0. The molecule has 4 aromatic rings. The molecule has 0 aliphatic heterocycles. The van der Waals surface area contributed by atoms with Gasteiger partial charge in [0, 0.05) is 30.4 Å². The highest BCUT2D eigenvalue weighted by molar-refractivity contribution is 6.38. The molecule has 0 bridgehead atoms. The van der Waals surface area contributed by atoms with E-state index in [0.717, 1.165) is 18.4 Å². The van der Waals surface area contributed by atoms with E-state index in [-0.39, 0.29) is 23.8 Å². The highest BCUT2D eigenvalue weighted by Crippen LogP contribution is 2.22. The van der Waals surface area contributed by atoms with Gasteiger partial charge in [-0.15, -0.1) is 0 Å². The fourth-order valence-corrected chi connectivity index (χ4v) is 3.95. The Kier molecular flexibility index (Phi) is 6.85. The lowest BCUT2D eigenvalue weighted by Crippen LogP contribution is -2.49. The summed E-state index contributed by atoms with van der Waals surface area (Å²) < 4.78 is 15.6. The van der Waals surface area contributed by atoms with Crippen molar-refractivity contribution in [3.8, 4) is 17.1 Å². The minimum Gasteiger partial charge on any atom is -0.347 e. The molecule has 5 rings (SSSR count). The second kappa shape index (κ2) is 10.5. The molecule has 2 aromatic carbocycles. The zero-order valence-electron chi connectivity index (χ0n) is 19.8. The number of nitrogens with zero attached hydrogens (tertiary/aromatic N) is 3. The number of carbonyl (C=O) groups is 3. The van der Waals surface area contributed by atoms with Gasteiger partial charge < -0.3 is 10.6 Å². The van der Waals surface area contributed by atoms with Crippen molar-refractivity contribution >= 4 is 17.6 Å². The first-order valence-electron chi connectivity index (χ1n) is 11.9. The van der Waals surface area contributed by atoms with E-state index >= 15 is 0 Å². The number of hydrogen-bond donors (Lipinski definition) is 2. The molecule has 1 fully saturated rings. The van der Waals surface area contributed by atoms with Crippen molar-refractivity contribution in [3.63, 3.8) is 0 Å². The smallest absolute Gasteiger partial charge is 0.289 e. The number of pyridine rings is 1. The van der Waals surface area contributed by atoms with Crippen LogP contribution in [-0.2, 0) is 16.0 Å². The predicted octanol–water partition coefficient (Wildman–Crippen LogP) is 3.26. The maximum Gasteiger partial charge on any atom is 0.289 e. The Labute approximate surface area is 212 Å². The van der Waals surface area contributed by atoms with Gasteiger partial charge in [0.15, 0.2) is 5.82 Å². The molecule has 1 aliphatic carbocycles. The van der Waals surface area contributed by atoms with Gasteiger partial charge >= 0.3 is 0 Å². The van der Waals surface area contributed by atoms with Gasteiger partial charge in [0.25, 0.3) is 11.8 Å². The van der Waals surface area contributed by atoms with E-state index in [1.165, 1.54) is 16.9 Å². The predicted molar refractivity (Wildman–Crippen MR) is 134 cm³/mol. The van der Waals surface area contributed by atoms with Crippen molar-refractivity contribution in [2.45, 2.75) is 31.3 Å². The lowest BCUT2D eigenvalue weighted by atomic mass is 10.0. The third kappa shape index (κ3) is 5.61. The zero-order valence-corrected chi connectivity index (χ0v) is 19.8. The van der Waals surface area contributed by atoms with Crippen LogP contribution in [0.5, 0.6) is 0 Å². The van der Waals surface area contributed by atoms with Crippen molar-refractivity contribution < 1.29 is 18.8 Å². The van der Waals surface area contributed by atoms with Gasteiger partial charge in [-0.05, 0) is 48.7 Å². The minimum absolute atomic E-state index is 0.0120. The van der Waals surface area contributed by atoms with Crippen LogP contribution in [0, 0.1) is 5.82 Å². The number of rotatable bonds is 9. The molecule has 1 unspecified atom stereocenters. The molecule has 186 valence electrons. The largest absolute Gasteiger partial charge is 0.347 e. The molecule has 8 nitrogen and oxygen atoms in total. The fourth-order valence-electron chi connectivity index (χ4n) is 3.95. The molecule has 1 atom stereocenters. The number of amides is 2. The van der Waals surface area contributed by atoms with Crippen LogP contribution in [0.15, 0.2) is 85.2 Å². The Morgan fingerprint density at radius 2 is 1.73 bits per heavy atom. The summed E-state index contributed by atoms with van der Waals surface area (Å²) in [6, 6.07) is 19.1. The summed E-state index contributed by atoms with van der Waals surface area (Å²) in [5, 5.41) is 9.83. The van der Waals surface area contributed by atoms with E-state index in [1.807, 2.05) is 30.3 Å². The van der Waals surface area contributed by atoms with Crippen molar-refractivity contribution in [1.82, 2.24) is 25.4 Å². The van der Waals surface area contributed by atoms with Crippen molar-refractivity contribution in [3.05, 3.63) is 102 Å². The molecular weight excluding hydrogens is 473 g/mol. The molecule has 2 heterocycles. The van der Waals surface area contributed by atoms with Gasteiger partial charge in [-0.3, -0.25) is 14.4 Å². The number of Topliss-reactive ketones (excluding diaryl/α,β-unsaturated/α-hetero) is 1. The second-order valence-electron chi connectivity index (χ2n) is 8.83. The SMILES string of the molecule is O=C(NC1CC1)C(=O)C(Cc1ccccc1)NC(=O)c1cccnc1-n1ccc(-c2ccccc2F)n1. The fraction of sp³-hybridized carbons (Fsp3) is 0.179. The van der Waals surface area contributed by atoms with E-state index < -0.39 is 29.5 Å². The van der Waals surface area contributed by atoms with E-state index in [1.54, 1.807) is 42.6 Å². The van der Waals surface area contributed by atoms with Crippen molar-refractivity contribution in [2.24, 2.45) is 0 Å². The number of nitrogens with one attached hydrogen (secondary N) is 2. The summed E-state index contributed by atoms with van der Waals surface area (Å²) in [5.74, 6) is -2.22. The van der Waals surface area contributed by atoms with Crippen LogP contribution < -0.4 is 10.6 Å². The van der Waals surface area contributed by atoms with Gasteiger partial charge in [-0.25, -0.2) is 14.1 Å². The lowest BCUT2D eigenvalue weighted by molar-refractivity contribution is -0.139. The van der Waals surface area contributed by atoms with E-state index in [9.17, 15) is 18.8 Å². The van der Waals surface area contributed by atoms with E-state index in [2.05, 4.69) is 20.7 Å². The normalized spacial score (nSPS) is 13.5. The van der Waals surface area contributed by atoms with Gasteiger partial charge in [-0.2, -0.15) is 5.10 Å². The molecule has 37 heavy (non-hydrogen) atoms. The second-order valence-corrected chi connectivity index (χ2v) is 8.83. The molecule has 0 radical (unpaired) electrons.